The van der Waals surface area contributed by atoms with E-state index in [-0.39, 0.29) is 23.3 Å². The zero-order valence-corrected chi connectivity index (χ0v) is 16.9. The van der Waals surface area contributed by atoms with Crippen molar-refractivity contribution in [1.82, 2.24) is 4.90 Å². The Labute approximate surface area is 137 Å². The van der Waals surface area contributed by atoms with E-state index in [1.807, 2.05) is 25.7 Å². The highest BCUT2D eigenvalue weighted by Crippen LogP contribution is 2.39. The summed E-state index contributed by atoms with van der Waals surface area (Å²) in [5, 5.41) is 0.189. The van der Waals surface area contributed by atoms with Gasteiger partial charge in [0.25, 0.3) is 0 Å². The number of nitrogens with zero attached hydrogens (tertiary/aromatic N) is 1. The largest absolute Gasteiger partial charge is 0.444 e. The number of ether oxygens (including phenoxy) is 1. The van der Waals surface area contributed by atoms with Gasteiger partial charge >= 0.3 is 6.09 Å². The minimum atomic E-state index is -1.80. The van der Waals surface area contributed by atoms with Crippen molar-refractivity contribution in [1.29, 1.82) is 0 Å². The van der Waals surface area contributed by atoms with Gasteiger partial charge in [0.15, 0.2) is 8.32 Å². The predicted octanol–water partition coefficient (Wildman–Crippen LogP) is 4.80. The fraction of sp³-hybridized carbons (Fsp3) is 0.941. The van der Waals surface area contributed by atoms with E-state index in [9.17, 15) is 4.79 Å². The van der Waals surface area contributed by atoms with E-state index < -0.39 is 13.9 Å². The highest BCUT2D eigenvalue weighted by molar-refractivity contribution is 6.74. The minimum Gasteiger partial charge on any atom is -0.444 e. The molecule has 0 aromatic rings. The van der Waals surface area contributed by atoms with Crippen LogP contribution in [-0.4, -0.2) is 43.6 Å². The van der Waals surface area contributed by atoms with Crippen LogP contribution < -0.4 is 0 Å². The topological polar surface area (TPSA) is 38.8 Å². The van der Waals surface area contributed by atoms with E-state index >= 15 is 0 Å². The molecule has 0 N–H and O–H groups in total. The molecule has 130 valence electrons. The van der Waals surface area contributed by atoms with Crippen molar-refractivity contribution in [2.75, 3.05) is 6.54 Å². The molecule has 1 aliphatic heterocycles. The van der Waals surface area contributed by atoms with Crippen molar-refractivity contribution in [2.45, 2.75) is 97.2 Å². The van der Waals surface area contributed by atoms with Gasteiger partial charge in [0.1, 0.15) is 5.60 Å². The van der Waals surface area contributed by atoms with E-state index in [0.717, 1.165) is 12.8 Å². The number of hydrogen-bond acceptors (Lipinski definition) is 3. The van der Waals surface area contributed by atoms with Crippen LogP contribution in [-0.2, 0) is 9.16 Å². The lowest BCUT2D eigenvalue weighted by atomic mass is 10.1. The monoisotopic (exact) mass is 329 g/mol. The fourth-order valence-electron chi connectivity index (χ4n) is 2.48. The van der Waals surface area contributed by atoms with Gasteiger partial charge in [0, 0.05) is 12.6 Å². The Morgan fingerprint density at radius 3 is 2.14 bits per heavy atom. The predicted molar refractivity (Wildman–Crippen MR) is 93.7 cm³/mol. The van der Waals surface area contributed by atoms with Crippen molar-refractivity contribution < 1.29 is 14.0 Å². The van der Waals surface area contributed by atoms with Gasteiger partial charge in [0.05, 0.1) is 6.10 Å². The molecule has 0 radical (unpaired) electrons. The lowest BCUT2D eigenvalue weighted by Crippen LogP contribution is -2.45. The van der Waals surface area contributed by atoms with Crippen molar-refractivity contribution in [3.8, 4) is 0 Å². The van der Waals surface area contributed by atoms with Crippen molar-refractivity contribution in [3.63, 3.8) is 0 Å². The van der Waals surface area contributed by atoms with E-state index in [2.05, 4.69) is 40.8 Å². The standard InChI is InChI=1S/C17H35NO3Si/c1-10-13-11-14(21-22(8,9)17(5,6)7)12-18(13)15(19)20-16(2,3)4/h13-14H,10-12H2,1-9H3/t13-,14-/m0/s1. The zero-order valence-electron chi connectivity index (χ0n) is 15.9. The molecule has 1 aliphatic rings. The maximum Gasteiger partial charge on any atom is 0.410 e. The van der Waals surface area contributed by atoms with Gasteiger partial charge in [-0.05, 0) is 51.7 Å². The molecular formula is C17H35NO3Si. The van der Waals surface area contributed by atoms with Crippen LogP contribution in [0.1, 0.15) is 61.3 Å². The first kappa shape index (κ1) is 19.5. The summed E-state index contributed by atoms with van der Waals surface area (Å²) in [5.41, 5.74) is -0.451. The molecule has 0 aromatic carbocycles. The second-order valence-electron chi connectivity index (χ2n) is 8.93. The Bertz CT molecular complexity index is 396. The number of likely N-dealkylation sites (tertiary alicyclic amines) is 1. The molecule has 1 rings (SSSR count). The SMILES string of the molecule is CC[C@H]1C[C@H](O[Si](C)(C)C(C)(C)C)CN1C(=O)OC(C)(C)C. The third-order valence-electron chi connectivity index (χ3n) is 4.74. The van der Waals surface area contributed by atoms with Crippen LogP contribution in [0.2, 0.25) is 18.1 Å². The van der Waals surface area contributed by atoms with Gasteiger partial charge in [0.2, 0.25) is 0 Å². The Balaban J connectivity index is 2.75. The first-order chi connectivity index (χ1) is 9.77. The van der Waals surface area contributed by atoms with Crippen molar-refractivity contribution in [3.05, 3.63) is 0 Å². The van der Waals surface area contributed by atoms with Crippen LogP contribution in [0.25, 0.3) is 0 Å². The Morgan fingerprint density at radius 1 is 1.18 bits per heavy atom. The Hall–Kier alpha value is -0.553. The molecule has 0 saturated carbocycles. The van der Waals surface area contributed by atoms with Crippen LogP contribution in [0.3, 0.4) is 0 Å². The second-order valence-corrected chi connectivity index (χ2v) is 13.7. The van der Waals surface area contributed by atoms with Gasteiger partial charge < -0.3 is 14.1 Å². The maximum absolute atomic E-state index is 12.4. The first-order valence-electron chi connectivity index (χ1n) is 8.44. The fourth-order valence-corrected chi connectivity index (χ4v) is 3.84. The molecule has 0 spiro atoms. The molecule has 1 saturated heterocycles. The number of carbonyl (C=O) groups is 1. The number of amides is 1. The number of rotatable bonds is 3. The summed E-state index contributed by atoms with van der Waals surface area (Å²) in [6, 6.07) is 0.226. The summed E-state index contributed by atoms with van der Waals surface area (Å²) >= 11 is 0. The van der Waals surface area contributed by atoms with Crippen LogP contribution in [0.5, 0.6) is 0 Å². The number of hydrogen-bond donors (Lipinski definition) is 0. The molecule has 2 atom stereocenters. The number of carbonyl (C=O) groups excluding carboxylic acids is 1. The molecule has 5 heteroatoms. The Kier molecular flexibility index (Phi) is 5.77. The lowest BCUT2D eigenvalue weighted by molar-refractivity contribution is 0.0208. The molecule has 1 heterocycles. The van der Waals surface area contributed by atoms with Gasteiger partial charge in [-0.2, -0.15) is 0 Å². The molecular weight excluding hydrogens is 294 g/mol. The van der Waals surface area contributed by atoms with E-state index in [0.29, 0.717) is 6.54 Å². The first-order valence-corrected chi connectivity index (χ1v) is 11.3. The van der Waals surface area contributed by atoms with Crippen LogP contribution >= 0.6 is 0 Å². The molecule has 1 fully saturated rings. The van der Waals surface area contributed by atoms with Gasteiger partial charge in [-0.15, -0.1) is 0 Å². The molecule has 0 bridgehead atoms. The summed E-state index contributed by atoms with van der Waals surface area (Å²) in [6.07, 6.45) is 1.79. The Morgan fingerprint density at radius 2 is 1.73 bits per heavy atom. The maximum atomic E-state index is 12.4. The molecule has 4 nitrogen and oxygen atoms in total. The third-order valence-corrected chi connectivity index (χ3v) is 9.28. The van der Waals surface area contributed by atoms with Crippen molar-refractivity contribution in [2.24, 2.45) is 0 Å². The molecule has 0 aliphatic carbocycles. The minimum absolute atomic E-state index is 0.137. The highest BCUT2D eigenvalue weighted by Gasteiger charge is 2.43. The molecule has 1 amide bonds. The van der Waals surface area contributed by atoms with E-state index in [1.54, 1.807) is 0 Å². The quantitative estimate of drug-likeness (QED) is 0.698. The van der Waals surface area contributed by atoms with E-state index in [4.69, 9.17) is 9.16 Å². The molecule has 22 heavy (non-hydrogen) atoms. The van der Waals surface area contributed by atoms with Gasteiger partial charge in [-0.3, -0.25) is 0 Å². The molecule has 0 aromatic heterocycles. The van der Waals surface area contributed by atoms with Crippen LogP contribution in [0.15, 0.2) is 0 Å². The van der Waals surface area contributed by atoms with Crippen molar-refractivity contribution >= 4 is 14.4 Å². The summed E-state index contributed by atoms with van der Waals surface area (Å²) in [5.74, 6) is 0. The lowest BCUT2D eigenvalue weighted by Gasteiger charge is -2.38. The zero-order chi connectivity index (χ0) is 17.3. The summed E-state index contributed by atoms with van der Waals surface area (Å²) in [7, 11) is -1.80. The smallest absolute Gasteiger partial charge is 0.410 e. The van der Waals surface area contributed by atoms with Crippen LogP contribution in [0, 0.1) is 0 Å². The normalized spacial score (nSPS) is 23.8. The third kappa shape index (κ3) is 4.98. The van der Waals surface area contributed by atoms with E-state index in [1.165, 1.54) is 0 Å². The van der Waals surface area contributed by atoms with Gasteiger partial charge in [-0.25, -0.2) is 4.79 Å². The summed E-state index contributed by atoms with van der Waals surface area (Å²) < 4.78 is 12.0. The molecule has 0 unspecified atom stereocenters. The second kappa shape index (κ2) is 6.52. The average Bonchev–Trinajstić information content (AvgIpc) is 2.67. The van der Waals surface area contributed by atoms with Crippen LogP contribution in [0.4, 0.5) is 4.79 Å². The van der Waals surface area contributed by atoms with Gasteiger partial charge in [-0.1, -0.05) is 27.7 Å². The average molecular weight is 330 g/mol. The summed E-state index contributed by atoms with van der Waals surface area (Å²) in [6.45, 7) is 19.8. The summed E-state index contributed by atoms with van der Waals surface area (Å²) in [4.78, 5) is 14.3. The highest BCUT2D eigenvalue weighted by atomic mass is 28.4.